The maximum atomic E-state index is 14.1. The van der Waals surface area contributed by atoms with Crippen LogP contribution in [0, 0.1) is 102 Å². The molecule has 0 spiro atoms. The molecule has 0 atom stereocenters. The largest absolute Gasteiger partial charge is 0.495 e. The summed E-state index contributed by atoms with van der Waals surface area (Å²) in [6, 6.07) is 32.5. The van der Waals surface area contributed by atoms with Crippen LogP contribution < -0.4 is 4.74 Å². The number of hydrogen-bond donors (Lipinski definition) is 5. The van der Waals surface area contributed by atoms with Crippen LogP contribution in [0.4, 0.5) is 22.0 Å². The molecule has 14 rings (SSSR count). The summed E-state index contributed by atoms with van der Waals surface area (Å²) in [5.41, 5.74) is 19.5. The topological polar surface area (TPSA) is 222 Å². The summed E-state index contributed by atoms with van der Waals surface area (Å²) in [6.45, 7) is 50.6. The van der Waals surface area contributed by atoms with Gasteiger partial charge in [-0.1, -0.05) is 216 Å². The highest BCUT2D eigenvalue weighted by Gasteiger charge is 2.43. The summed E-state index contributed by atoms with van der Waals surface area (Å²) in [6.07, 6.45) is 17.3. The van der Waals surface area contributed by atoms with Crippen LogP contribution in [-0.4, -0.2) is 72.5 Å². The van der Waals surface area contributed by atoms with E-state index in [9.17, 15) is 45.9 Å². The standard InChI is InChI=1S/C24H24F2O2.C24H25FO3.C24H25FO2.C23H23FO2.C20H24N2O2/c1-14-10-17-18(24(4,5)9-8-23(17,2)3)13-16(14)7-6-15-11-19(25)21(22(27)28)20(26)12-15;1-23(2)10-11-24(3,4)19-14-21(28-5)16(13-18(19)23)8-6-15-7-9-17(22(26)27)20(25)12-15;1-15-12-19-20(24(4,5)11-10-23(19,2)3)13-17(15)8-6-16-7-9-18(22(26)27)14-21(16)25;1-22(2)11-12-23(3,4)19-13-15(6-10-18(19)22)5-7-16-8-9-17(21(25)26)14-20(16)24;1-14(12-16(23)24)8-6-7-9-15-13-21-17-18(22-15)20(4,5)11-10-19(17,2)3/h10-13H,8-9H2,1-5H3,(H,27,28);7,9,12-14H,10-11H2,1-5H3,(H,26,27);7,9,12-14H,10-11H2,1-5H3,(H,26,27);6,8-10,13-14H,11-12H2,1-4H3,(H,25,26);6,8,12-13H,10-11H2,1-5H3,(H,23,24)/b;;;;8-6+,14-12+. The van der Waals surface area contributed by atoms with Gasteiger partial charge in [-0.2, -0.15) is 0 Å². The second-order valence-corrected chi connectivity index (χ2v) is 42.0. The van der Waals surface area contributed by atoms with Crippen molar-refractivity contribution in [1.82, 2.24) is 9.97 Å². The highest BCUT2D eigenvalue weighted by atomic mass is 19.1. The molecule has 0 amide bonds. The molecule has 133 heavy (non-hydrogen) atoms. The molecule has 0 bridgehead atoms. The quantitative estimate of drug-likeness (QED) is 0.0434. The van der Waals surface area contributed by atoms with Gasteiger partial charge in [-0.25, -0.2) is 50.9 Å². The average Bonchev–Trinajstić information content (AvgIpc) is 0.755. The number of methoxy groups -OCH3 is 1. The third-order valence-corrected chi connectivity index (χ3v) is 27.1. The van der Waals surface area contributed by atoms with Gasteiger partial charge in [0.05, 0.1) is 58.1 Å². The van der Waals surface area contributed by atoms with Crippen molar-refractivity contribution in [3.05, 3.63) is 320 Å². The number of ether oxygens (including phenoxy) is 1. The van der Waals surface area contributed by atoms with Crippen molar-refractivity contribution < 1.29 is 76.2 Å². The van der Waals surface area contributed by atoms with Gasteiger partial charge in [-0.05, 0) is 305 Å². The maximum Gasteiger partial charge on any atom is 0.341 e. The van der Waals surface area contributed by atoms with E-state index in [1.807, 2.05) is 19.9 Å². The van der Waals surface area contributed by atoms with Crippen LogP contribution in [-0.2, 0) is 58.9 Å². The van der Waals surface area contributed by atoms with Gasteiger partial charge in [-0.3, -0.25) is 4.98 Å². The highest BCUT2D eigenvalue weighted by Crippen LogP contribution is 2.52. The van der Waals surface area contributed by atoms with Gasteiger partial charge in [0, 0.05) is 44.7 Å². The first-order valence-electron chi connectivity index (χ1n) is 44.8. The fraction of sp³-hybridized carbons (Fsp3) is 0.383. The summed E-state index contributed by atoms with van der Waals surface area (Å²) in [5, 5.41) is 44.3. The molecule has 5 N–H and O–H groups in total. The Balaban J connectivity index is 0.000000172. The number of nitrogens with zero attached hydrogens (tertiary/aromatic N) is 2. The van der Waals surface area contributed by atoms with E-state index in [2.05, 4.69) is 251 Å². The molecule has 13 nitrogen and oxygen atoms in total. The lowest BCUT2D eigenvalue weighted by Gasteiger charge is -2.42. The predicted molar refractivity (Wildman–Crippen MR) is 515 cm³/mol. The first-order chi connectivity index (χ1) is 61.7. The Kier molecular flexibility index (Phi) is 30.2. The van der Waals surface area contributed by atoms with Crippen LogP contribution in [0.1, 0.15) is 368 Å². The van der Waals surface area contributed by atoms with E-state index in [-0.39, 0.29) is 87.5 Å². The van der Waals surface area contributed by atoms with Crippen molar-refractivity contribution in [2.75, 3.05) is 7.11 Å². The number of aryl methyl sites for hydroxylation is 2. The van der Waals surface area contributed by atoms with Crippen molar-refractivity contribution in [2.24, 2.45) is 0 Å². The van der Waals surface area contributed by atoms with E-state index in [1.54, 1.807) is 32.4 Å². The van der Waals surface area contributed by atoms with Crippen molar-refractivity contribution in [2.45, 2.75) is 278 Å². The SMILES string of the molecule is CC(/C=C/C#Cc1cnc2c(n1)C(C)(C)CCC2(C)C)=C\C(=O)O.CC1(C)CCC(C)(C)c2cc(C#Cc3ccc(C(=O)O)cc3F)ccc21.COc1cc2c(cc1C#Cc1ccc(C(=O)O)c(F)c1)C(C)(C)CCC2(C)C.Cc1cc2c(cc1C#Cc1cc(F)c(C(=O)O)c(F)c1)C(C)(C)CCC2(C)C.Cc1cc2c(cc1C#Cc1ccc(C(=O)O)cc1F)C(C)(C)CCC2(C)C. The van der Waals surface area contributed by atoms with Crippen LogP contribution >= 0.6 is 0 Å². The number of halogens is 5. The third kappa shape index (κ3) is 24.1. The number of carboxylic acid groups (broad SMARTS) is 5. The molecule has 9 aromatic rings. The van der Waals surface area contributed by atoms with Gasteiger partial charge in [0.25, 0.3) is 0 Å². The molecular weight excluding hydrogens is 1680 g/mol. The van der Waals surface area contributed by atoms with E-state index in [4.69, 9.17) is 35.3 Å². The van der Waals surface area contributed by atoms with Crippen molar-refractivity contribution in [3.63, 3.8) is 0 Å². The molecule has 5 aliphatic rings. The zero-order valence-corrected chi connectivity index (χ0v) is 80.9. The smallest absolute Gasteiger partial charge is 0.341 e. The van der Waals surface area contributed by atoms with Gasteiger partial charge >= 0.3 is 29.8 Å². The number of hydrogen-bond acceptors (Lipinski definition) is 8. The lowest BCUT2D eigenvalue weighted by atomic mass is 9.62. The number of allylic oxidation sites excluding steroid dienone is 3. The summed E-state index contributed by atoms with van der Waals surface area (Å²) in [7, 11) is 1.62. The fourth-order valence-electron chi connectivity index (χ4n) is 17.7. The van der Waals surface area contributed by atoms with Crippen LogP contribution in [0.2, 0.25) is 0 Å². The third-order valence-electron chi connectivity index (χ3n) is 27.1. The van der Waals surface area contributed by atoms with Crippen molar-refractivity contribution >= 4 is 29.8 Å². The molecule has 8 aromatic carbocycles. The van der Waals surface area contributed by atoms with E-state index in [0.717, 1.165) is 145 Å². The molecule has 1 heterocycles. The van der Waals surface area contributed by atoms with Gasteiger partial charge in [0.2, 0.25) is 0 Å². The Morgan fingerprint density at radius 1 is 0.353 bits per heavy atom. The van der Waals surface area contributed by atoms with E-state index >= 15 is 0 Å². The van der Waals surface area contributed by atoms with Crippen LogP contribution in [0.3, 0.4) is 0 Å². The molecule has 0 unspecified atom stereocenters. The minimum atomic E-state index is -1.63. The molecule has 0 saturated heterocycles. The Hall–Kier alpha value is -13.1. The number of aromatic carboxylic acids is 4. The van der Waals surface area contributed by atoms with Gasteiger partial charge < -0.3 is 30.3 Å². The maximum absolute atomic E-state index is 14.1. The summed E-state index contributed by atoms with van der Waals surface area (Å²) in [5.74, 6) is 19.8. The zero-order chi connectivity index (χ0) is 98.6. The average molecular weight is 1800 g/mol. The lowest BCUT2D eigenvalue weighted by Crippen LogP contribution is -2.36. The van der Waals surface area contributed by atoms with Crippen LogP contribution in [0.25, 0.3) is 0 Å². The Bertz CT molecular complexity index is 6560. The molecule has 0 fully saturated rings. The predicted octanol–water partition coefficient (Wildman–Crippen LogP) is 25.6. The summed E-state index contributed by atoms with van der Waals surface area (Å²) < 4.78 is 75.5. The van der Waals surface area contributed by atoms with Crippen LogP contribution in [0.5, 0.6) is 5.75 Å². The number of carboxylic acids is 5. The number of aromatic nitrogens is 2. The Labute approximate surface area is 781 Å². The Morgan fingerprint density at radius 2 is 0.714 bits per heavy atom. The normalized spacial score (nSPS) is 17.1. The van der Waals surface area contributed by atoms with Gasteiger partial charge in [0.1, 0.15) is 46.1 Å². The molecule has 692 valence electrons. The van der Waals surface area contributed by atoms with Crippen molar-refractivity contribution in [3.8, 4) is 65.0 Å². The second kappa shape index (κ2) is 39.4. The first-order valence-corrected chi connectivity index (χ1v) is 44.8. The summed E-state index contributed by atoms with van der Waals surface area (Å²) in [4.78, 5) is 63.6. The number of aliphatic carboxylic acids is 1. The first kappa shape index (κ1) is 102. The number of fused-ring (bicyclic) bond motifs is 5. The second-order valence-electron chi connectivity index (χ2n) is 42.0. The number of carbonyl (C=O) groups is 5. The van der Waals surface area contributed by atoms with E-state index in [0.29, 0.717) is 22.6 Å². The highest BCUT2D eigenvalue weighted by molar-refractivity contribution is 5.90. The van der Waals surface area contributed by atoms with E-state index in [1.165, 1.54) is 80.9 Å². The van der Waals surface area contributed by atoms with Gasteiger partial charge in [0.15, 0.2) is 0 Å². The van der Waals surface area contributed by atoms with E-state index < -0.39 is 64.5 Å². The molecule has 0 radical (unpaired) electrons. The zero-order valence-electron chi connectivity index (χ0n) is 80.9. The van der Waals surface area contributed by atoms with Crippen LogP contribution in [0.15, 0.2) is 151 Å². The minimum absolute atomic E-state index is 0.00615. The van der Waals surface area contributed by atoms with Crippen molar-refractivity contribution in [1.29, 1.82) is 0 Å². The Morgan fingerprint density at radius 3 is 1.14 bits per heavy atom. The minimum Gasteiger partial charge on any atom is -0.495 e. The molecule has 0 aliphatic heterocycles. The molecule has 18 heteroatoms. The number of benzene rings is 8. The number of rotatable bonds is 7. The molecule has 5 aliphatic carbocycles. The molecular formula is C115H121F5N2O11. The lowest BCUT2D eigenvalue weighted by molar-refractivity contribution is -0.131. The molecule has 1 aromatic heterocycles. The summed E-state index contributed by atoms with van der Waals surface area (Å²) >= 11 is 0. The fourth-order valence-corrected chi connectivity index (χ4v) is 17.7. The monoisotopic (exact) mass is 1800 g/mol. The molecule has 0 saturated carbocycles. The van der Waals surface area contributed by atoms with Gasteiger partial charge in [-0.15, -0.1) is 0 Å².